The molecule has 2 aromatic rings. The fraction of sp³-hybridized carbons (Fsp3) is 0.100. The summed E-state index contributed by atoms with van der Waals surface area (Å²) >= 11 is 1.44. The number of thiazole rings is 1. The lowest BCUT2D eigenvalue weighted by Crippen LogP contribution is -2.16. The second kappa shape index (κ2) is 5.40. The molecular weight excluding hydrogens is 270 g/mol. The number of carbonyl (C=O) groups excluding carboxylic acids is 1. The van der Waals surface area contributed by atoms with Crippen molar-refractivity contribution in [3.8, 4) is 0 Å². The number of nitrogens with one attached hydrogen (secondary N) is 1. The molecule has 9 heteroatoms. The van der Waals surface area contributed by atoms with Crippen molar-refractivity contribution >= 4 is 28.7 Å². The highest BCUT2D eigenvalue weighted by atomic mass is 32.1. The van der Waals surface area contributed by atoms with Gasteiger partial charge in [-0.15, -0.1) is 11.3 Å². The van der Waals surface area contributed by atoms with Gasteiger partial charge in [-0.2, -0.15) is 0 Å². The minimum absolute atomic E-state index is 0.0237. The summed E-state index contributed by atoms with van der Waals surface area (Å²) in [5, 5.41) is 15.3. The SMILES string of the molecule is NC(=O)c1cc([N+](=O)[O-])cnc1NCc1cscn1. The van der Waals surface area contributed by atoms with Gasteiger partial charge in [0.15, 0.2) is 0 Å². The maximum absolute atomic E-state index is 11.3. The van der Waals surface area contributed by atoms with Crippen molar-refractivity contribution in [3.63, 3.8) is 0 Å². The Morgan fingerprint density at radius 3 is 2.89 bits per heavy atom. The van der Waals surface area contributed by atoms with Gasteiger partial charge in [0, 0.05) is 11.4 Å². The third-order valence-corrected chi connectivity index (χ3v) is 2.91. The molecule has 0 saturated carbocycles. The molecule has 0 atom stereocenters. The van der Waals surface area contributed by atoms with Crippen molar-refractivity contribution in [2.45, 2.75) is 6.54 Å². The molecule has 0 aliphatic carbocycles. The Morgan fingerprint density at radius 1 is 1.53 bits per heavy atom. The Hall–Kier alpha value is -2.55. The number of nitrogens with two attached hydrogens (primary N) is 1. The highest BCUT2D eigenvalue weighted by Crippen LogP contribution is 2.19. The molecule has 2 rings (SSSR count). The van der Waals surface area contributed by atoms with Crippen LogP contribution in [0.5, 0.6) is 0 Å². The van der Waals surface area contributed by atoms with Gasteiger partial charge in [-0.3, -0.25) is 14.9 Å². The first kappa shape index (κ1) is 12.9. The molecule has 2 aromatic heterocycles. The topological polar surface area (TPSA) is 124 Å². The first-order valence-corrected chi connectivity index (χ1v) is 6.07. The summed E-state index contributed by atoms with van der Waals surface area (Å²) in [6.07, 6.45) is 1.07. The van der Waals surface area contributed by atoms with Crippen molar-refractivity contribution in [2.24, 2.45) is 5.73 Å². The zero-order valence-electron chi connectivity index (χ0n) is 9.57. The molecule has 0 bridgehead atoms. The van der Waals surface area contributed by atoms with Crippen LogP contribution in [0.4, 0.5) is 11.5 Å². The van der Waals surface area contributed by atoms with E-state index in [0.717, 1.165) is 18.0 Å². The number of primary amides is 1. The van der Waals surface area contributed by atoms with Crippen LogP contribution in [-0.2, 0) is 6.54 Å². The molecule has 0 unspecified atom stereocenters. The molecule has 2 heterocycles. The molecule has 1 amide bonds. The number of rotatable bonds is 5. The molecule has 0 aliphatic rings. The van der Waals surface area contributed by atoms with Crippen LogP contribution in [0.3, 0.4) is 0 Å². The number of carbonyl (C=O) groups is 1. The fourth-order valence-corrected chi connectivity index (χ4v) is 1.94. The average Bonchev–Trinajstić information content (AvgIpc) is 2.89. The van der Waals surface area contributed by atoms with Gasteiger partial charge in [-0.25, -0.2) is 9.97 Å². The minimum Gasteiger partial charge on any atom is -0.365 e. The van der Waals surface area contributed by atoms with Gasteiger partial charge in [-0.05, 0) is 0 Å². The number of amides is 1. The predicted octanol–water partition coefficient (Wildman–Crippen LogP) is 1.16. The molecule has 19 heavy (non-hydrogen) atoms. The van der Waals surface area contributed by atoms with Gasteiger partial charge in [0.05, 0.1) is 28.2 Å². The van der Waals surface area contributed by atoms with E-state index in [2.05, 4.69) is 15.3 Å². The van der Waals surface area contributed by atoms with E-state index >= 15 is 0 Å². The Morgan fingerprint density at radius 2 is 2.32 bits per heavy atom. The van der Waals surface area contributed by atoms with Crippen molar-refractivity contribution in [3.05, 3.63) is 44.5 Å². The lowest BCUT2D eigenvalue weighted by Gasteiger charge is -2.07. The van der Waals surface area contributed by atoms with Crippen LogP contribution in [0, 0.1) is 10.1 Å². The van der Waals surface area contributed by atoms with E-state index in [1.165, 1.54) is 11.3 Å². The van der Waals surface area contributed by atoms with E-state index < -0.39 is 10.8 Å². The number of aromatic nitrogens is 2. The van der Waals surface area contributed by atoms with Gasteiger partial charge >= 0.3 is 0 Å². The number of nitrogens with zero attached hydrogens (tertiary/aromatic N) is 3. The van der Waals surface area contributed by atoms with Crippen molar-refractivity contribution in [2.75, 3.05) is 5.32 Å². The summed E-state index contributed by atoms with van der Waals surface area (Å²) in [4.78, 5) is 29.1. The maximum atomic E-state index is 11.3. The van der Waals surface area contributed by atoms with E-state index in [1.807, 2.05) is 5.38 Å². The number of hydrogen-bond donors (Lipinski definition) is 2. The van der Waals surface area contributed by atoms with E-state index in [-0.39, 0.29) is 17.1 Å². The van der Waals surface area contributed by atoms with Crippen LogP contribution >= 0.6 is 11.3 Å². The van der Waals surface area contributed by atoms with Crippen LogP contribution < -0.4 is 11.1 Å². The minimum atomic E-state index is -0.781. The molecule has 0 fully saturated rings. The van der Waals surface area contributed by atoms with Gasteiger partial charge in [0.25, 0.3) is 11.6 Å². The first-order chi connectivity index (χ1) is 9.08. The molecule has 0 aromatic carbocycles. The second-order valence-corrected chi connectivity index (χ2v) is 4.26. The number of hydrogen-bond acceptors (Lipinski definition) is 7. The van der Waals surface area contributed by atoms with Crippen LogP contribution in [0.1, 0.15) is 16.1 Å². The highest BCUT2D eigenvalue weighted by molar-refractivity contribution is 7.07. The Balaban J connectivity index is 2.24. The van der Waals surface area contributed by atoms with Gasteiger partial charge in [0.1, 0.15) is 12.0 Å². The number of nitro groups is 1. The molecular formula is C10H9N5O3S. The number of pyridine rings is 1. The summed E-state index contributed by atoms with van der Waals surface area (Å²) in [7, 11) is 0. The maximum Gasteiger partial charge on any atom is 0.288 e. The number of anilines is 1. The van der Waals surface area contributed by atoms with Crippen LogP contribution in [0.2, 0.25) is 0 Å². The van der Waals surface area contributed by atoms with Gasteiger partial charge < -0.3 is 11.1 Å². The predicted molar refractivity (Wildman–Crippen MR) is 68.9 cm³/mol. The Labute approximate surface area is 111 Å². The fourth-order valence-electron chi connectivity index (χ4n) is 1.38. The van der Waals surface area contributed by atoms with E-state index in [0.29, 0.717) is 6.54 Å². The summed E-state index contributed by atoms with van der Waals surface area (Å²) < 4.78 is 0. The summed E-state index contributed by atoms with van der Waals surface area (Å²) in [6.45, 7) is 0.356. The average molecular weight is 279 g/mol. The molecule has 0 spiro atoms. The van der Waals surface area contributed by atoms with Crippen LogP contribution in [-0.4, -0.2) is 20.8 Å². The molecule has 8 nitrogen and oxygen atoms in total. The quantitative estimate of drug-likeness (QED) is 0.625. The van der Waals surface area contributed by atoms with E-state index in [1.54, 1.807) is 5.51 Å². The normalized spacial score (nSPS) is 10.1. The largest absolute Gasteiger partial charge is 0.365 e. The van der Waals surface area contributed by atoms with E-state index in [9.17, 15) is 14.9 Å². The van der Waals surface area contributed by atoms with Gasteiger partial charge in [0.2, 0.25) is 0 Å². The van der Waals surface area contributed by atoms with Gasteiger partial charge in [-0.1, -0.05) is 0 Å². The zero-order chi connectivity index (χ0) is 13.8. The molecule has 0 radical (unpaired) electrons. The second-order valence-electron chi connectivity index (χ2n) is 3.54. The Kier molecular flexibility index (Phi) is 3.66. The zero-order valence-corrected chi connectivity index (χ0v) is 10.4. The molecule has 0 saturated heterocycles. The molecule has 98 valence electrons. The van der Waals surface area contributed by atoms with Crippen molar-refractivity contribution < 1.29 is 9.72 Å². The smallest absolute Gasteiger partial charge is 0.288 e. The third kappa shape index (κ3) is 3.01. The van der Waals surface area contributed by atoms with E-state index in [4.69, 9.17) is 5.73 Å². The summed E-state index contributed by atoms with van der Waals surface area (Å²) in [6, 6.07) is 1.10. The molecule has 3 N–H and O–H groups in total. The van der Waals surface area contributed by atoms with Crippen molar-refractivity contribution in [1.82, 2.24) is 9.97 Å². The van der Waals surface area contributed by atoms with Crippen LogP contribution in [0.25, 0.3) is 0 Å². The standard InChI is InChI=1S/C10H9N5O3S/c11-9(16)8-1-7(15(17)18)3-13-10(8)12-2-6-4-19-5-14-6/h1,3-5H,2H2,(H2,11,16)(H,12,13). The monoisotopic (exact) mass is 279 g/mol. The Bertz CT molecular complexity index is 614. The third-order valence-electron chi connectivity index (χ3n) is 2.27. The first-order valence-electron chi connectivity index (χ1n) is 5.13. The summed E-state index contributed by atoms with van der Waals surface area (Å²) in [5.74, 6) is -0.580. The lowest BCUT2D eigenvalue weighted by atomic mass is 10.2. The lowest BCUT2D eigenvalue weighted by molar-refractivity contribution is -0.385. The molecule has 0 aliphatic heterocycles. The highest BCUT2D eigenvalue weighted by Gasteiger charge is 2.16. The van der Waals surface area contributed by atoms with Crippen molar-refractivity contribution in [1.29, 1.82) is 0 Å². The van der Waals surface area contributed by atoms with Crippen LogP contribution in [0.15, 0.2) is 23.2 Å². The summed E-state index contributed by atoms with van der Waals surface area (Å²) in [5.41, 5.74) is 7.32.